The van der Waals surface area contributed by atoms with Crippen LogP contribution in [0.25, 0.3) is 10.8 Å². The molecular weight excluding hydrogens is 486 g/mol. The molecule has 5 aliphatic carbocycles. The van der Waals surface area contributed by atoms with Crippen molar-refractivity contribution in [2.45, 2.75) is 66.2 Å². The lowest BCUT2D eigenvalue weighted by Gasteiger charge is -2.68. The van der Waals surface area contributed by atoms with Crippen molar-refractivity contribution in [1.82, 2.24) is 0 Å². The minimum absolute atomic E-state index is 0.0342. The Morgan fingerprint density at radius 3 is 2.46 bits per heavy atom. The average molecular weight is 526 g/mol. The Bertz CT molecular complexity index is 1450. The molecule has 1 N–H and O–H groups in total. The number of benzene rings is 2. The molecule has 0 unspecified atom stereocenters. The fraction of sp³-hybridized carbons (Fsp3) is 0.559. The highest BCUT2D eigenvalue weighted by molar-refractivity contribution is 6.25. The van der Waals surface area contributed by atoms with E-state index in [0.717, 1.165) is 49.3 Å². The number of rotatable bonds is 3. The number of carboxylic acid groups (broad SMARTS) is 1. The van der Waals surface area contributed by atoms with Gasteiger partial charge in [0.25, 0.3) is 0 Å². The van der Waals surface area contributed by atoms with E-state index in [1.807, 2.05) is 49.4 Å². The zero-order valence-electron chi connectivity index (χ0n) is 23.4. The molecule has 8 atom stereocenters. The van der Waals surface area contributed by atoms with E-state index in [-0.39, 0.29) is 46.8 Å². The second kappa shape index (κ2) is 8.05. The highest BCUT2D eigenvalue weighted by Gasteiger charge is 2.73. The average Bonchev–Trinajstić information content (AvgIpc) is 3.19. The molecule has 5 nitrogen and oxygen atoms in total. The molecule has 1 heterocycles. The van der Waals surface area contributed by atoms with Gasteiger partial charge in [-0.15, -0.1) is 0 Å². The summed E-state index contributed by atoms with van der Waals surface area (Å²) in [6, 6.07) is 13.9. The summed E-state index contributed by atoms with van der Waals surface area (Å²) in [5.41, 5.74) is 0.744. The van der Waals surface area contributed by atoms with Crippen LogP contribution in [0.3, 0.4) is 0 Å². The molecule has 8 rings (SSSR count). The number of fused-ring (bicyclic) bond motifs is 2. The van der Waals surface area contributed by atoms with Crippen LogP contribution >= 0.6 is 0 Å². The molecule has 2 bridgehead atoms. The van der Waals surface area contributed by atoms with Crippen LogP contribution < -0.4 is 4.90 Å². The Morgan fingerprint density at radius 2 is 1.72 bits per heavy atom. The minimum atomic E-state index is -0.736. The number of carbonyl (C=O) groups excluding carboxylic acids is 2. The van der Waals surface area contributed by atoms with Crippen molar-refractivity contribution in [3.8, 4) is 0 Å². The van der Waals surface area contributed by atoms with Gasteiger partial charge in [-0.3, -0.25) is 14.4 Å². The number of hydrogen-bond acceptors (Lipinski definition) is 3. The number of hydrogen-bond donors (Lipinski definition) is 1. The van der Waals surface area contributed by atoms with E-state index in [1.165, 1.54) is 10.5 Å². The zero-order valence-corrected chi connectivity index (χ0v) is 23.4. The van der Waals surface area contributed by atoms with Gasteiger partial charge in [-0.1, -0.05) is 75.2 Å². The normalized spacial score (nSPS) is 40.9. The number of anilines is 1. The maximum Gasteiger partial charge on any atom is 0.309 e. The summed E-state index contributed by atoms with van der Waals surface area (Å²) >= 11 is 0. The molecule has 2 aromatic carbocycles. The van der Waals surface area contributed by atoms with Crippen LogP contribution in [0, 0.1) is 51.8 Å². The van der Waals surface area contributed by atoms with Crippen LogP contribution in [0.2, 0.25) is 0 Å². The Morgan fingerprint density at radius 1 is 0.974 bits per heavy atom. The van der Waals surface area contributed by atoms with E-state index in [4.69, 9.17) is 0 Å². The van der Waals surface area contributed by atoms with E-state index in [1.54, 1.807) is 0 Å². The molecule has 1 aliphatic heterocycles. The Labute approximate surface area is 230 Å². The van der Waals surface area contributed by atoms with E-state index < -0.39 is 16.8 Å². The van der Waals surface area contributed by atoms with Crippen LogP contribution in [0.15, 0.2) is 54.1 Å². The number of carboxylic acids is 1. The Hall–Kier alpha value is -2.95. The quantitative estimate of drug-likeness (QED) is 0.351. The summed E-state index contributed by atoms with van der Waals surface area (Å²) in [7, 11) is 0. The SMILES string of the molecule is CC(C)C1=C[C@]23CC[C@H]4[C@](C)(CCC[C@@]4(C)C(=O)O)[C@@H]2C[C@@H]1[C@H]1C(=O)N(c2cccc4ccccc24)C(=O)[C@@H]13. The molecule has 1 spiro atoms. The number of allylic oxidation sites excluding steroid dienone is 2. The number of carbonyl (C=O) groups is 3. The van der Waals surface area contributed by atoms with Gasteiger partial charge >= 0.3 is 5.97 Å². The molecule has 2 amide bonds. The summed E-state index contributed by atoms with van der Waals surface area (Å²) in [5, 5.41) is 12.3. The lowest BCUT2D eigenvalue weighted by Crippen LogP contribution is -2.65. The molecule has 3 saturated carbocycles. The van der Waals surface area contributed by atoms with E-state index in [9.17, 15) is 19.5 Å². The standard InChI is InChI=1S/C34H39NO4/c1-19(2)23-18-34-16-13-25-32(3,14-8-15-33(25,4)31(38)39)26(34)17-22(23)27-28(34)30(37)35(29(27)36)24-12-7-10-20-9-5-6-11-21(20)24/h5-7,9-12,18-19,22,25-28H,8,13-17H2,1-4H3,(H,38,39)/t22-,25-,26-,27+,28+,32-,33+,34+/m0/s1. The fourth-order valence-corrected chi connectivity index (χ4v) is 10.6. The third kappa shape index (κ3) is 3.00. The summed E-state index contributed by atoms with van der Waals surface area (Å²) in [4.78, 5) is 43.1. The number of amides is 2. The number of aliphatic carboxylic acids is 1. The van der Waals surface area contributed by atoms with Gasteiger partial charge in [-0.25, -0.2) is 4.90 Å². The van der Waals surface area contributed by atoms with Crippen molar-refractivity contribution in [2.75, 3.05) is 4.90 Å². The second-order valence-electron chi connectivity index (χ2n) is 14.0. The predicted molar refractivity (Wildman–Crippen MR) is 151 cm³/mol. The first-order valence-electron chi connectivity index (χ1n) is 14.9. The topological polar surface area (TPSA) is 74.7 Å². The van der Waals surface area contributed by atoms with Crippen molar-refractivity contribution in [2.24, 2.45) is 51.8 Å². The van der Waals surface area contributed by atoms with Crippen LogP contribution in [0.1, 0.15) is 66.2 Å². The van der Waals surface area contributed by atoms with Crippen LogP contribution in [-0.4, -0.2) is 22.9 Å². The van der Waals surface area contributed by atoms with Gasteiger partial charge in [0.1, 0.15) is 0 Å². The molecule has 0 radical (unpaired) electrons. The summed E-state index contributed by atoms with van der Waals surface area (Å²) in [5.74, 6) is -0.828. The van der Waals surface area contributed by atoms with Crippen LogP contribution in [-0.2, 0) is 14.4 Å². The van der Waals surface area contributed by atoms with Gasteiger partial charge in [-0.05, 0) is 79.6 Å². The second-order valence-corrected chi connectivity index (χ2v) is 14.0. The highest BCUT2D eigenvalue weighted by atomic mass is 16.4. The minimum Gasteiger partial charge on any atom is -0.481 e. The molecule has 6 aliphatic rings. The van der Waals surface area contributed by atoms with Crippen molar-refractivity contribution in [3.63, 3.8) is 0 Å². The lowest BCUT2D eigenvalue weighted by molar-refractivity contribution is -0.194. The zero-order chi connectivity index (χ0) is 27.5. The van der Waals surface area contributed by atoms with Gasteiger partial charge in [-0.2, -0.15) is 0 Å². The third-order valence-corrected chi connectivity index (χ3v) is 12.2. The van der Waals surface area contributed by atoms with Gasteiger partial charge in [0.05, 0.1) is 22.9 Å². The molecule has 2 aromatic rings. The fourth-order valence-electron chi connectivity index (χ4n) is 10.6. The monoisotopic (exact) mass is 525 g/mol. The molecule has 204 valence electrons. The van der Waals surface area contributed by atoms with Gasteiger partial charge < -0.3 is 5.11 Å². The van der Waals surface area contributed by atoms with Crippen LogP contribution in [0.5, 0.6) is 0 Å². The molecule has 0 aromatic heterocycles. The van der Waals surface area contributed by atoms with Crippen molar-refractivity contribution < 1.29 is 19.5 Å². The molecule has 5 heteroatoms. The summed E-state index contributed by atoms with van der Waals surface area (Å²) in [6.07, 6.45) is 7.53. The van der Waals surface area contributed by atoms with Crippen molar-refractivity contribution in [1.29, 1.82) is 0 Å². The van der Waals surface area contributed by atoms with E-state index in [2.05, 4.69) is 26.8 Å². The number of imide groups is 1. The summed E-state index contributed by atoms with van der Waals surface area (Å²) in [6.45, 7) is 8.71. The maximum absolute atomic E-state index is 14.6. The smallest absolute Gasteiger partial charge is 0.309 e. The van der Waals surface area contributed by atoms with Gasteiger partial charge in [0.2, 0.25) is 11.8 Å². The Balaban J connectivity index is 1.38. The number of nitrogens with zero attached hydrogens (tertiary/aromatic N) is 1. The largest absolute Gasteiger partial charge is 0.481 e. The van der Waals surface area contributed by atoms with E-state index in [0.29, 0.717) is 11.6 Å². The van der Waals surface area contributed by atoms with Crippen molar-refractivity contribution in [3.05, 3.63) is 54.1 Å². The predicted octanol–water partition coefficient (Wildman–Crippen LogP) is 6.86. The first-order chi connectivity index (χ1) is 18.5. The highest BCUT2D eigenvalue weighted by Crippen LogP contribution is 2.74. The van der Waals surface area contributed by atoms with Crippen molar-refractivity contribution >= 4 is 34.2 Å². The summed E-state index contributed by atoms with van der Waals surface area (Å²) < 4.78 is 0. The maximum atomic E-state index is 14.6. The Kier molecular flexibility index (Phi) is 5.17. The third-order valence-electron chi connectivity index (χ3n) is 12.2. The van der Waals surface area contributed by atoms with E-state index >= 15 is 0 Å². The first kappa shape index (κ1) is 25.0. The van der Waals surface area contributed by atoms with Gasteiger partial charge in [0, 0.05) is 10.8 Å². The first-order valence-corrected chi connectivity index (χ1v) is 14.9. The molecular formula is C34H39NO4. The molecule has 1 saturated heterocycles. The molecule has 39 heavy (non-hydrogen) atoms. The van der Waals surface area contributed by atoms with Gasteiger partial charge in [0.15, 0.2) is 0 Å². The molecule has 4 fully saturated rings. The van der Waals surface area contributed by atoms with Crippen LogP contribution in [0.4, 0.5) is 5.69 Å². The lowest BCUT2D eigenvalue weighted by atomic mass is 9.34.